The van der Waals surface area contributed by atoms with Crippen LogP contribution in [0.5, 0.6) is 5.75 Å². The Morgan fingerprint density at radius 3 is 2.85 bits per heavy atom. The van der Waals surface area contributed by atoms with Gasteiger partial charge in [0.1, 0.15) is 17.5 Å². The van der Waals surface area contributed by atoms with Crippen LogP contribution in [0.3, 0.4) is 0 Å². The van der Waals surface area contributed by atoms with Gasteiger partial charge in [0.25, 0.3) is 5.91 Å². The lowest BCUT2D eigenvalue weighted by molar-refractivity contribution is 0.0532. The number of aryl methyl sites for hydroxylation is 1. The molecule has 1 aromatic carbocycles. The molecule has 0 bridgehead atoms. The molecule has 0 spiro atoms. The topological polar surface area (TPSA) is 62.4 Å². The number of likely N-dealkylation sites (tertiary alicyclic amines) is 1. The summed E-state index contributed by atoms with van der Waals surface area (Å²) < 4.78 is 6.04. The Morgan fingerprint density at radius 1 is 1.26 bits per heavy atom. The molecule has 142 valence electrons. The molecule has 1 amide bonds. The second-order valence-electron chi connectivity index (χ2n) is 7.32. The van der Waals surface area contributed by atoms with Gasteiger partial charge in [0.05, 0.1) is 11.6 Å². The minimum Gasteiger partial charge on any atom is -0.487 e. The van der Waals surface area contributed by atoms with E-state index in [-0.39, 0.29) is 17.8 Å². The summed E-state index contributed by atoms with van der Waals surface area (Å²) >= 11 is 6.19. The number of para-hydroxylation sites is 1. The molecule has 1 N–H and O–H groups in total. The van der Waals surface area contributed by atoms with Crippen molar-refractivity contribution >= 4 is 23.3 Å². The smallest absolute Gasteiger partial charge is 0.270 e. The van der Waals surface area contributed by atoms with Crippen LogP contribution in [0.4, 0.5) is 0 Å². The molecule has 4 rings (SSSR count). The summed E-state index contributed by atoms with van der Waals surface area (Å²) in [5.41, 5.74) is 2.97. The van der Waals surface area contributed by atoms with Gasteiger partial charge in [-0.15, -0.1) is 0 Å². The van der Waals surface area contributed by atoms with Gasteiger partial charge in [0, 0.05) is 24.2 Å². The van der Waals surface area contributed by atoms with Crippen molar-refractivity contribution < 1.29 is 14.3 Å². The second kappa shape index (κ2) is 7.39. The third-order valence-corrected chi connectivity index (χ3v) is 5.76. The van der Waals surface area contributed by atoms with Gasteiger partial charge in [-0.25, -0.2) is 0 Å². The van der Waals surface area contributed by atoms with Gasteiger partial charge in [-0.05, 0) is 50.3 Å². The SMILES string of the molecule is Cc1c(C(=O)N2CCCC(Oc3ccccc3Cl)C2)[nH]c2c1C(=O)CCC2. The van der Waals surface area contributed by atoms with Crippen molar-refractivity contribution in [2.75, 3.05) is 13.1 Å². The number of piperidine rings is 1. The Bertz CT molecular complexity index is 890. The number of halogens is 1. The molecule has 1 fully saturated rings. The molecule has 27 heavy (non-hydrogen) atoms. The fourth-order valence-corrected chi connectivity index (χ4v) is 4.27. The van der Waals surface area contributed by atoms with Crippen LogP contribution in [-0.2, 0) is 6.42 Å². The van der Waals surface area contributed by atoms with Crippen LogP contribution in [0, 0.1) is 6.92 Å². The van der Waals surface area contributed by atoms with Crippen molar-refractivity contribution in [3.63, 3.8) is 0 Å². The van der Waals surface area contributed by atoms with Crippen molar-refractivity contribution in [2.24, 2.45) is 0 Å². The predicted octanol–water partition coefficient (Wildman–Crippen LogP) is 4.18. The number of ketones is 1. The van der Waals surface area contributed by atoms with E-state index in [1.165, 1.54) is 0 Å². The summed E-state index contributed by atoms with van der Waals surface area (Å²) in [5.74, 6) is 0.736. The van der Waals surface area contributed by atoms with Crippen LogP contribution in [0.15, 0.2) is 24.3 Å². The van der Waals surface area contributed by atoms with E-state index < -0.39 is 0 Å². The molecule has 1 saturated heterocycles. The van der Waals surface area contributed by atoms with Gasteiger partial charge >= 0.3 is 0 Å². The summed E-state index contributed by atoms with van der Waals surface area (Å²) in [5, 5.41) is 0.576. The Kier molecular flexibility index (Phi) is 4.96. The largest absolute Gasteiger partial charge is 0.487 e. The van der Waals surface area contributed by atoms with E-state index in [9.17, 15) is 9.59 Å². The number of nitrogens with zero attached hydrogens (tertiary/aromatic N) is 1. The van der Waals surface area contributed by atoms with Crippen molar-refractivity contribution in [1.82, 2.24) is 9.88 Å². The fraction of sp³-hybridized carbons (Fsp3) is 0.429. The first kappa shape index (κ1) is 18.1. The molecule has 1 aromatic heterocycles. The molecule has 1 aliphatic carbocycles. The number of ether oxygens (including phenoxy) is 1. The van der Waals surface area contributed by atoms with Gasteiger partial charge in [-0.2, -0.15) is 0 Å². The number of carbonyl (C=O) groups is 2. The molecule has 2 aromatic rings. The molecule has 0 saturated carbocycles. The van der Waals surface area contributed by atoms with Crippen LogP contribution in [0.25, 0.3) is 0 Å². The first-order chi connectivity index (χ1) is 13.0. The number of amides is 1. The molecule has 6 heteroatoms. The fourth-order valence-electron chi connectivity index (χ4n) is 4.08. The lowest BCUT2D eigenvalue weighted by Crippen LogP contribution is -2.44. The van der Waals surface area contributed by atoms with Crippen LogP contribution < -0.4 is 4.74 Å². The van der Waals surface area contributed by atoms with Gasteiger partial charge in [0.2, 0.25) is 0 Å². The summed E-state index contributed by atoms with van der Waals surface area (Å²) in [6.45, 7) is 3.08. The zero-order valence-corrected chi connectivity index (χ0v) is 16.1. The minimum atomic E-state index is -0.0888. The van der Waals surface area contributed by atoms with E-state index in [4.69, 9.17) is 16.3 Å². The van der Waals surface area contributed by atoms with E-state index in [0.717, 1.165) is 42.5 Å². The van der Waals surface area contributed by atoms with Crippen LogP contribution in [0.2, 0.25) is 5.02 Å². The highest BCUT2D eigenvalue weighted by Gasteiger charge is 2.31. The van der Waals surface area contributed by atoms with Crippen LogP contribution in [0.1, 0.15) is 57.8 Å². The molecule has 1 atom stereocenters. The number of benzene rings is 1. The normalized spacial score (nSPS) is 19.7. The Morgan fingerprint density at radius 2 is 2.07 bits per heavy atom. The number of rotatable bonds is 3. The molecule has 1 unspecified atom stereocenters. The maximum Gasteiger partial charge on any atom is 0.270 e. The van der Waals surface area contributed by atoms with Gasteiger partial charge < -0.3 is 14.6 Å². The maximum atomic E-state index is 13.1. The molecule has 2 heterocycles. The number of carbonyl (C=O) groups excluding carboxylic acids is 2. The van der Waals surface area contributed by atoms with Crippen molar-refractivity contribution in [3.8, 4) is 5.75 Å². The van der Waals surface area contributed by atoms with Gasteiger partial charge in [0.15, 0.2) is 5.78 Å². The summed E-state index contributed by atoms with van der Waals surface area (Å²) in [6.07, 6.45) is 3.91. The first-order valence-corrected chi connectivity index (χ1v) is 9.87. The van der Waals surface area contributed by atoms with E-state index in [1.807, 2.05) is 30.0 Å². The third-order valence-electron chi connectivity index (χ3n) is 5.45. The highest BCUT2D eigenvalue weighted by atomic mass is 35.5. The standard InChI is InChI=1S/C21H23ClN2O3/c1-13-19-16(8-4-9-17(19)25)23-20(13)21(26)24-11-5-6-14(12-24)27-18-10-3-2-7-15(18)22/h2-3,7,10,14,23H,4-6,8-9,11-12H2,1H3. The maximum absolute atomic E-state index is 13.1. The lowest BCUT2D eigenvalue weighted by Gasteiger charge is -2.33. The number of aromatic nitrogens is 1. The monoisotopic (exact) mass is 386 g/mol. The summed E-state index contributed by atoms with van der Waals surface area (Å²) in [6, 6.07) is 7.39. The lowest BCUT2D eigenvalue weighted by atomic mass is 9.93. The minimum absolute atomic E-state index is 0.0536. The Hall–Kier alpha value is -2.27. The molecular formula is C21H23ClN2O3. The van der Waals surface area contributed by atoms with E-state index in [0.29, 0.717) is 36.0 Å². The number of hydrogen-bond donors (Lipinski definition) is 1. The number of fused-ring (bicyclic) bond motifs is 1. The Labute approximate surface area is 163 Å². The second-order valence-corrected chi connectivity index (χ2v) is 7.73. The summed E-state index contributed by atoms with van der Waals surface area (Å²) in [4.78, 5) is 30.4. The highest BCUT2D eigenvalue weighted by molar-refractivity contribution is 6.32. The van der Waals surface area contributed by atoms with E-state index in [2.05, 4.69) is 4.98 Å². The van der Waals surface area contributed by atoms with Crippen LogP contribution in [-0.4, -0.2) is 40.8 Å². The zero-order chi connectivity index (χ0) is 19.0. The van der Waals surface area contributed by atoms with Crippen LogP contribution >= 0.6 is 11.6 Å². The summed E-state index contributed by atoms with van der Waals surface area (Å²) in [7, 11) is 0. The number of Topliss-reactive ketones (excluding diaryl/α,β-unsaturated/α-hetero) is 1. The van der Waals surface area contributed by atoms with E-state index >= 15 is 0 Å². The quantitative estimate of drug-likeness (QED) is 0.860. The predicted molar refractivity (Wildman–Crippen MR) is 104 cm³/mol. The number of hydrogen-bond acceptors (Lipinski definition) is 3. The third kappa shape index (κ3) is 3.48. The van der Waals surface area contributed by atoms with Gasteiger partial charge in [-0.3, -0.25) is 9.59 Å². The van der Waals surface area contributed by atoms with Crippen molar-refractivity contribution in [3.05, 3.63) is 51.8 Å². The highest BCUT2D eigenvalue weighted by Crippen LogP contribution is 2.29. The van der Waals surface area contributed by atoms with Gasteiger partial charge in [-0.1, -0.05) is 23.7 Å². The number of aromatic amines is 1. The average molecular weight is 387 g/mol. The number of H-pyrrole nitrogens is 1. The van der Waals surface area contributed by atoms with E-state index in [1.54, 1.807) is 6.07 Å². The zero-order valence-electron chi connectivity index (χ0n) is 15.4. The average Bonchev–Trinajstić information content (AvgIpc) is 3.01. The van der Waals surface area contributed by atoms with Crippen molar-refractivity contribution in [1.29, 1.82) is 0 Å². The Balaban J connectivity index is 1.51. The molecule has 5 nitrogen and oxygen atoms in total. The molecule has 0 radical (unpaired) electrons. The molecular weight excluding hydrogens is 364 g/mol. The van der Waals surface area contributed by atoms with Crippen molar-refractivity contribution in [2.45, 2.75) is 45.1 Å². The first-order valence-electron chi connectivity index (χ1n) is 9.49. The molecule has 2 aliphatic rings. The molecule has 1 aliphatic heterocycles. The number of nitrogens with one attached hydrogen (secondary N) is 1.